The first-order valence-corrected chi connectivity index (χ1v) is 9.46. The van der Waals surface area contributed by atoms with E-state index in [1.165, 1.54) is 10.6 Å². The second kappa shape index (κ2) is 6.38. The molecule has 1 aliphatic heterocycles. The summed E-state index contributed by atoms with van der Waals surface area (Å²) < 4.78 is 27.0. The van der Waals surface area contributed by atoms with Gasteiger partial charge in [-0.15, -0.1) is 0 Å². The second-order valence-corrected chi connectivity index (χ2v) is 7.71. The minimum atomic E-state index is -3.45. The van der Waals surface area contributed by atoms with Crippen molar-refractivity contribution in [2.45, 2.75) is 4.90 Å². The van der Waals surface area contributed by atoms with E-state index in [0.29, 0.717) is 36.7 Å². The van der Waals surface area contributed by atoms with E-state index in [9.17, 15) is 8.42 Å². The lowest BCUT2D eigenvalue weighted by atomic mass is 10.2. The van der Waals surface area contributed by atoms with Crippen LogP contribution < -0.4 is 4.90 Å². The van der Waals surface area contributed by atoms with Crippen molar-refractivity contribution in [2.24, 2.45) is 0 Å². The zero-order valence-corrected chi connectivity index (χ0v) is 14.3. The maximum absolute atomic E-state index is 12.7. The summed E-state index contributed by atoms with van der Waals surface area (Å²) in [5, 5.41) is 0.879. The highest BCUT2D eigenvalue weighted by Gasteiger charge is 2.29. The Bertz CT molecular complexity index is 981. The molecule has 0 unspecified atom stereocenters. The zero-order valence-electron chi connectivity index (χ0n) is 13.5. The minimum absolute atomic E-state index is 0.333. The van der Waals surface area contributed by atoms with Gasteiger partial charge in [-0.05, 0) is 24.3 Å². The van der Waals surface area contributed by atoms with Crippen molar-refractivity contribution in [2.75, 3.05) is 31.1 Å². The maximum Gasteiger partial charge on any atom is 0.243 e. The summed E-state index contributed by atoms with van der Waals surface area (Å²) in [6.45, 7) is 1.99. The molecule has 1 aliphatic rings. The van der Waals surface area contributed by atoms with Gasteiger partial charge in [0.25, 0.3) is 0 Å². The Balaban J connectivity index is 1.56. The molecule has 3 aromatic rings. The van der Waals surface area contributed by atoms with Crippen LogP contribution in [0.4, 0.5) is 5.82 Å². The molecule has 1 saturated heterocycles. The first-order valence-electron chi connectivity index (χ1n) is 8.02. The first-order chi connectivity index (χ1) is 12.2. The summed E-state index contributed by atoms with van der Waals surface area (Å²) in [6.07, 6.45) is 3.20. The number of benzene rings is 1. The van der Waals surface area contributed by atoms with Gasteiger partial charge in [-0.25, -0.2) is 23.4 Å². The fourth-order valence-electron chi connectivity index (χ4n) is 3.02. The number of pyridine rings is 1. The van der Waals surface area contributed by atoms with Crippen molar-refractivity contribution < 1.29 is 8.42 Å². The number of anilines is 1. The molecule has 3 heterocycles. The Hall–Kier alpha value is -2.58. The van der Waals surface area contributed by atoms with Gasteiger partial charge < -0.3 is 4.90 Å². The molecule has 0 saturated carbocycles. The number of aromatic nitrogens is 3. The predicted octanol–water partition coefficient (Wildman–Crippen LogP) is 1.54. The quantitative estimate of drug-likeness (QED) is 0.709. The zero-order chi connectivity index (χ0) is 17.3. The van der Waals surface area contributed by atoms with Crippen LogP contribution in [0, 0.1) is 0 Å². The van der Waals surface area contributed by atoms with E-state index in [0.717, 1.165) is 11.2 Å². The van der Waals surface area contributed by atoms with Crippen molar-refractivity contribution in [3.63, 3.8) is 0 Å². The van der Waals surface area contributed by atoms with Crippen LogP contribution in [-0.4, -0.2) is 53.9 Å². The molecule has 0 atom stereocenters. The number of sulfonamides is 1. The van der Waals surface area contributed by atoms with Crippen LogP contribution in [0.1, 0.15) is 0 Å². The average Bonchev–Trinajstić information content (AvgIpc) is 2.68. The van der Waals surface area contributed by atoms with Crippen LogP contribution in [0.15, 0.2) is 59.9 Å². The monoisotopic (exact) mass is 355 g/mol. The van der Waals surface area contributed by atoms with Crippen molar-refractivity contribution in [1.29, 1.82) is 0 Å². The van der Waals surface area contributed by atoms with Crippen LogP contribution in [0.3, 0.4) is 0 Å². The van der Waals surface area contributed by atoms with Crippen LogP contribution in [0.2, 0.25) is 0 Å². The molecule has 128 valence electrons. The van der Waals surface area contributed by atoms with Gasteiger partial charge in [-0.1, -0.05) is 18.2 Å². The van der Waals surface area contributed by atoms with Gasteiger partial charge >= 0.3 is 0 Å². The molecule has 0 amide bonds. The molecular weight excluding hydrogens is 338 g/mol. The topological polar surface area (TPSA) is 79.3 Å². The Morgan fingerprint density at radius 2 is 1.60 bits per heavy atom. The maximum atomic E-state index is 12.7. The third kappa shape index (κ3) is 2.94. The fourth-order valence-corrected chi connectivity index (χ4v) is 4.46. The summed E-state index contributed by atoms with van der Waals surface area (Å²) in [5.41, 5.74) is 0.645. The van der Waals surface area contributed by atoms with Crippen molar-refractivity contribution in [3.05, 3.63) is 55.0 Å². The first kappa shape index (κ1) is 15.9. The lowest BCUT2D eigenvalue weighted by Crippen LogP contribution is -2.49. The van der Waals surface area contributed by atoms with Gasteiger partial charge in [-0.2, -0.15) is 4.31 Å². The van der Waals surface area contributed by atoms with Gasteiger partial charge in [0.2, 0.25) is 10.0 Å². The van der Waals surface area contributed by atoms with Gasteiger partial charge in [0.15, 0.2) is 5.65 Å². The predicted molar refractivity (Wildman–Crippen MR) is 94.7 cm³/mol. The van der Waals surface area contributed by atoms with E-state index in [-0.39, 0.29) is 0 Å². The van der Waals surface area contributed by atoms with Crippen LogP contribution >= 0.6 is 0 Å². The molecule has 7 nitrogen and oxygen atoms in total. The summed E-state index contributed by atoms with van der Waals surface area (Å²) in [7, 11) is -3.45. The number of piperazine rings is 1. The number of rotatable bonds is 3. The molecule has 4 rings (SSSR count). The molecule has 0 spiro atoms. The third-order valence-electron chi connectivity index (χ3n) is 4.31. The highest BCUT2D eigenvalue weighted by Crippen LogP contribution is 2.24. The van der Waals surface area contributed by atoms with Crippen LogP contribution in [0.5, 0.6) is 0 Å². The van der Waals surface area contributed by atoms with Gasteiger partial charge in [-0.3, -0.25) is 0 Å². The van der Waals surface area contributed by atoms with E-state index >= 15 is 0 Å². The Kier molecular flexibility index (Phi) is 4.06. The van der Waals surface area contributed by atoms with E-state index in [4.69, 9.17) is 0 Å². The van der Waals surface area contributed by atoms with Gasteiger partial charge in [0, 0.05) is 32.4 Å². The number of hydrogen-bond donors (Lipinski definition) is 0. The summed E-state index contributed by atoms with van der Waals surface area (Å²) in [6, 6.07) is 12.3. The summed E-state index contributed by atoms with van der Waals surface area (Å²) in [4.78, 5) is 15.2. The molecule has 0 radical (unpaired) electrons. The molecule has 0 N–H and O–H groups in total. The van der Waals surface area contributed by atoms with Crippen LogP contribution in [-0.2, 0) is 10.0 Å². The Morgan fingerprint density at radius 1 is 0.840 bits per heavy atom. The minimum Gasteiger partial charge on any atom is -0.353 e. The normalized spacial score (nSPS) is 16.2. The van der Waals surface area contributed by atoms with Gasteiger partial charge in [0.1, 0.15) is 12.1 Å². The fraction of sp³-hybridized carbons (Fsp3) is 0.235. The van der Waals surface area contributed by atoms with E-state index < -0.39 is 10.0 Å². The molecule has 0 aliphatic carbocycles. The highest BCUT2D eigenvalue weighted by atomic mass is 32.2. The number of fused-ring (bicyclic) bond motifs is 1. The molecule has 0 bridgehead atoms. The van der Waals surface area contributed by atoms with Crippen molar-refractivity contribution in [3.8, 4) is 0 Å². The standard InChI is InChI=1S/C17H17N5O2S/c23-25(24,14-5-2-1-3-6-14)22-11-9-21(10-12-22)17-15-7-4-8-18-16(15)19-13-20-17/h1-8,13H,9-12H2. The van der Waals surface area contributed by atoms with E-state index in [2.05, 4.69) is 19.9 Å². The molecule has 1 fully saturated rings. The summed E-state index contributed by atoms with van der Waals surface area (Å²) >= 11 is 0. The summed E-state index contributed by atoms with van der Waals surface area (Å²) in [5.74, 6) is 0.801. The lowest BCUT2D eigenvalue weighted by molar-refractivity contribution is 0.384. The second-order valence-electron chi connectivity index (χ2n) is 5.78. The SMILES string of the molecule is O=S(=O)(c1ccccc1)N1CCN(c2ncnc3ncccc23)CC1. The number of nitrogens with zero attached hydrogens (tertiary/aromatic N) is 5. The molecular formula is C17H17N5O2S. The molecule has 1 aromatic carbocycles. The smallest absolute Gasteiger partial charge is 0.243 e. The van der Waals surface area contributed by atoms with Gasteiger partial charge in [0.05, 0.1) is 10.3 Å². The third-order valence-corrected chi connectivity index (χ3v) is 6.22. The lowest BCUT2D eigenvalue weighted by Gasteiger charge is -2.34. The molecule has 25 heavy (non-hydrogen) atoms. The largest absolute Gasteiger partial charge is 0.353 e. The average molecular weight is 355 g/mol. The van der Waals surface area contributed by atoms with Crippen LogP contribution in [0.25, 0.3) is 11.0 Å². The number of hydrogen-bond acceptors (Lipinski definition) is 6. The van der Waals surface area contributed by atoms with Crippen molar-refractivity contribution >= 4 is 26.9 Å². The Labute approximate surface area is 146 Å². The molecule has 2 aromatic heterocycles. The van der Waals surface area contributed by atoms with Crippen molar-refractivity contribution in [1.82, 2.24) is 19.3 Å². The van der Waals surface area contributed by atoms with E-state index in [1.807, 2.05) is 18.2 Å². The highest BCUT2D eigenvalue weighted by molar-refractivity contribution is 7.89. The molecule has 8 heteroatoms. The van der Waals surface area contributed by atoms with E-state index in [1.54, 1.807) is 30.5 Å². The Morgan fingerprint density at radius 3 is 2.36 bits per heavy atom.